The molecule has 0 fully saturated rings. The molecule has 0 aliphatic heterocycles. The number of H-pyrrole nitrogens is 1. The van der Waals surface area contributed by atoms with Crippen molar-refractivity contribution >= 4 is 32.7 Å². The van der Waals surface area contributed by atoms with Crippen molar-refractivity contribution in [3.63, 3.8) is 0 Å². The quantitative estimate of drug-likeness (QED) is 0.804. The predicted octanol–water partition coefficient (Wildman–Crippen LogP) is 2.47. The van der Waals surface area contributed by atoms with Gasteiger partial charge in [-0.1, -0.05) is 22.9 Å². The lowest BCUT2D eigenvalue weighted by Crippen LogP contribution is -1.89. The zero-order valence-corrected chi connectivity index (χ0v) is 8.85. The maximum Gasteiger partial charge on any atom is 0.153 e. The summed E-state index contributed by atoms with van der Waals surface area (Å²) in [5.74, 6) is 0.577. The molecule has 0 amide bonds. The lowest BCUT2D eigenvalue weighted by atomic mass is 10.1. The lowest BCUT2D eigenvalue weighted by molar-refractivity contribution is 1.13. The monoisotopic (exact) mass is 239 g/mol. The van der Waals surface area contributed by atoms with E-state index in [-0.39, 0.29) is 0 Å². The van der Waals surface area contributed by atoms with Gasteiger partial charge in [-0.3, -0.25) is 5.10 Å². The molecule has 0 unspecified atom stereocenters. The number of nitrogen functional groups attached to an aromatic ring is 1. The van der Waals surface area contributed by atoms with Crippen LogP contribution in [-0.4, -0.2) is 10.2 Å². The number of nitrogens with one attached hydrogen (secondary N) is 1. The molecule has 0 saturated carbocycles. The lowest BCUT2D eigenvalue weighted by Gasteiger charge is -2.02. The highest BCUT2D eigenvalue weighted by Crippen LogP contribution is 2.29. The third-order valence-corrected chi connectivity index (χ3v) is 2.91. The molecule has 0 aliphatic rings. The average Bonchev–Trinajstić information content (AvgIpc) is 2.49. The second-order valence-corrected chi connectivity index (χ2v) is 3.77. The maximum atomic E-state index is 5.76. The number of hydrogen-bond donors (Lipinski definition) is 2. The van der Waals surface area contributed by atoms with Gasteiger partial charge in [-0.05, 0) is 24.1 Å². The zero-order chi connectivity index (χ0) is 9.42. The Morgan fingerprint density at radius 3 is 3.00 bits per heavy atom. The molecule has 13 heavy (non-hydrogen) atoms. The van der Waals surface area contributed by atoms with Crippen molar-refractivity contribution < 1.29 is 0 Å². The number of nitrogens with zero attached hydrogens (tertiary/aromatic N) is 1. The minimum Gasteiger partial charge on any atom is -0.382 e. The first-order valence-corrected chi connectivity index (χ1v) is 4.94. The van der Waals surface area contributed by atoms with E-state index in [2.05, 4.69) is 33.1 Å². The molecule has 2 rings (SSSR count). The number of halogens is 1. The van der Waals surface area contributed by atoms with E-state index in [0.717, 1.165) is 21.8 Å². The Bertz CT molecular complexity index is 447. The van der Waals surface area contributed by atoms with Crippen LogP contribution in [0.15, 0.2) is 16.6 Å². The normalized spacial score (nSPS) is 10.9. The second kappa shape index (κ2) is 3.03. The van der Waals surface area contributed by atoms with Crippen molar-refractivity contribution in [3.05, 3.63) is 22.2 Å². The Labute approximate surface area is 84.4 Å². The summed E-state index contributed by atoms with van der Waals surface area (Å²) < 4.78 is 1.09. The summed E-state index contributed by atoms with van der Waals surface area (Å²) in [5.41, 5.74) is 7.97. The molecule has 4 heteroatoms. The van der Waals surface area contributed by atoms with Crippen molar-refractivity contribution in [2.75, 3.05) is 5.73 Å². The topological polar surface area (TPSA) is 54.7 Å². The predicted molar refractivity (Wildman–Crippen MR) is 57.6 cm³/mol. The van der Waals surface area contributed by atoms with Gasteiger partial charge in [-0.2, -0.15) is 5.10 Å². The first kappa shape index (κ1) is 8.56. The number of aryl methyl sites for hydroxylation is 1. The van der Waals surface area contributed by atoms with Gasteiger partial charge in [0.05, 0.1) is 5.52 Å². The molecule has 3 nitrogen and oxygen atoms in total. The van der Waals surface area contributed by atoms with Gasteiger partial charge >= 0.3 is 0 Å². The summed E-state index contributed by atoms with van der Waals surface area (Å²) in [6, 6.07) is 3.99. The number of nitrogens with two attached hydrogens (primary N) is 1. The fourth-order valence-electron chi connectivity index (χ4n) is 1.53. The Kier molecular flexibility index (Phi) is 2.00. The van der Waals surface area contributed by atoms with Gasteiger partial charge in [0.2, 0.25) is 0 Å². The minimum atomic E-state index is 0.577. The highest BCUT2D eigenvalue weighted by atomic mass is 79.9. The van der Waals surface area contributed by atoms with Crippen molar-refractivity contribution in [2.24, 2.45) is 0 Å². The van der Waals surface area contributed by atoms with Crippen LogP contribution in [0.5, 0.6) is 0 Å². The van der Waals surface area contributed by atoms with Crippen LogP contribution < -0.4 is 5.73 Å². The molecule has 0 saturated heterocycles. The number of hydrogen-bond acceptors (Lipinski definition) is 2. The van der Waals surface area contributed by atoms with Crippen molar-refractivity contribution in [1.29, 1.82) is 0 Å². The largest absolute Gasteiger partial charge is 0.382 e. The zero-order valence-electron chi connectivity index (χ0n) is 7.26. The molecular formula is C9H10BrN3. The summed E-state index contributed by atoms with van der Waals surface area (Å²) in [4.78, 5) is 0. The van der Waals surface area contributed by atoms with E-state index in [1.54, 1.807) is 0 Å². The summed E-state index contributed by atoms with van der Waals surface area (Å²) in [6.45, 7) is 2.10. The fourth-order valence-corrected chi connectivity index (χ4v) is 2.14. The van der Waals surface area contributed by atoms with Gasteiger partial charge in [0.15, 0.2) is 5.82 Å². The third kappa shape index (κ3) is 1.21. The standard InChI is InChI=1S/C9H10BrN3/c1-2-5-6(10)3-4-7-8(5)9(11)13-12-7/h3-4H,2H2,1H3,(H3,11,12,13). The molecular weight excluding hydrogens is 230 g/mol. The Balaban J connectivity index is 2.88. The van der Waals surface area contributed by atoms with Crippen molar-refractivity contribution in [3.8, 4) is 0 Å². The fraction of sp³-hybridized carbons (Fsp3) is 0.222. The van der Waals surface area contributed by atoms with E-state index >= 15 is 0 Å². The van der Waals surface area contributed by atoms with E-state index < -0.39 is 0 Å². The molecule has 1 aromatic carbocycles. The van der Waals surface area contributed by atoms with Gasteiger partial charge < -0.3 is 5.73 Å². The second-order valence-electron chi connectivity index (χ2n) is 2.91. The van der Waals surface area contributed by atoms with Crippen molar-refractivity contribution in [1.82, 2.24) is 10.2 Å². The molecule has 68 valence electrons. The maximum absolute atomic E-state index is 5.76. The summed E-state index contributed by atoms with van der Waals surface area (Å²) in [6.07, 6.45) is 0.946. The molecule has 0 aliphatic carbocycles. The highest BCUT2D eigenvalue weighted by molar-refractivity contribution is 9.10. The van der Waals surface area contributed by atoms with E-state index in [1.807, 2.05) is 12.1 Å². The van der Waals surface area contributed by atoms with Crippen LogP contribution in [0.2, 0.25) is 0 Å². The number of benzene rings is 1. The van der Waals surface area contributed by atoms with Crippen LogP contribution >= 0.6 is 15.9 Å². The van der Waals surface area contributed by atoms with Gasteiger partial charge in [-0.15, -0.1) is 0 Å². The Hall–Kier alpha value is -1.03. The van der Waals surface area contributed by atoms with Crippen molar-refractivity contribution in [2.45, 2.75) is 13.3 Å². The van der Waals surface area contributed by atoms with Crippen LogP contribution in [0.25, 0.3) is 10.9 Å². The number of fused-ring (bicyclic) bond motifs is 1. The number of aromatic amines is 1. The Morgan fingerprint density at radius 1 is 1.54 bits per heavy atom. The number of rotatable bonds is 1. The summed E-state index contributed by atoms with van der Waals surface area (Å²) >= 11 is 3.50. The van der Waals surface area contributed by atoms with Crippen LogP contribution in [0.3, 0.4) is 0 Å². The molecule has 0 spiro atoms. The molecule has 3 N–H and O–H groups in total. The van der Waals surface area contributed by atoms with Gasteiger partial charge in [0, 0.05) is 9.86 Å². The minimum absolute atomic E-state index is 0.577. The van der Waals surface area contributed by atoms with Crippen LogP contribution in [0.1, 0.15) is 12.5 Å². The number of anilines is 1. The SMILES string of the molecule is CCc1c(Br)ccc2[nH]nc(N)c12. The third-order valence-electron chi connectivity index (χ3n) is 2.16. The first-order chi connectivity index (χ1) is 6.24. The summed E-state index contributed by atoms with van der Waals surface area (Å²) in [7, 11) is 0. The molecule has 0 radical (unpaired) electrons. The molecule has 0 bridgehead atoms. The average molecular weight is 240 g/mol. The highest BCUT2D eigenvalue weighted by Gasteiger charge is 2.09. The molecule has 1 heterocycles. The van der Waals surface area contributed by atoms with Gasteiger partial charge in [-0.25, -0.2) is 0 Å². The first-order valence-electron chi connectivity index (χ1n) is 4.15. The van der Waals surface area contributed by atoms with E-state index in [1.165, 1.54) is 5.56 Å². The molecule has 1 aromatic heterocycles. The van der Waals surface area contributed by atoms with Crippen LogP contribution in [0, 0.1) is 0 Å². The van der Waals surface area contributed by atoms with Crippen LogP contribution in [0.4, 0.5) is 5.82 Å². The van der Waals surface area contributed by atoms with E-state index in [9.17, 15) is 0 Å². The Morgan fingerprint density at radius 2 is 2.31 bits per heavy atom. The van der Waals surface area contributed by atoms with E-state index in [4.69, 9.17) is 5.73 Å². The van der Waals surface area contributed by atoms with Crippen LogP contribution in [-0.2, 0) is 6.42 Å². The summed E-state index contributed by atoms with van der Waals surface area (Å²) in [5, 5.41) is 7.91. The van der Waals surface area contributed by atoms with Gasteiger partial charge in [0.1, 0.15) is 0 Å². The number of aromatic nitrogens is 2. The van der Waals surface area contributed by atoms with Gasteiger partial charge in [0.25, 0.3) is 0 Å². The smallest absolute Gasteiger partial charge is 0.153 e. The van der Waals surface area contributed by atoms with E-state index in [0.29, 0.717) is 5.82 Å². The molecule has 2 aromatic rings. The molecule has 0 atom stereocenters.